The fourth-order valence-electron chi connectivity index (χ4n) is 6.96. The molecule has 2 aliphatic rings. The van der Waals surface area contributed by atoms with Crippen molar-refractivity contribution in [3.63, 3.8) is 0 Å². The van der Waals surface area contributed by atoms with Crippen LogP contribution >= 0.6 is 0 Å². The first-order chi connectivity index (χ1) is 23.9. The number of benzene rings is 2. The van der Waals surface area contributed by atoms with Gasteiger partial charge in [0.25, 0.3) is 5.91 Å². The fourth-order valence-corrected chi connectivity index (χ4v) is 6.96. The molecule has 0 saturated carbocycles. The van der Waals surface area contributed by atoms with Crippen LogP contribution < -0.4 is 18.9 Å². The maximum Gasteiger partial charge on any atom is 0.323 e. The molecule has 12 heteroatoms. The van der Waals surface area contributed by atoms with Crippen molar-refractivity contribution in [2.75, 3.05) is 53.6 Å². The van der Waals surface area contributed by atoms with E-state index in [1.54, 1.807) is 7.11 Å². The number of nitrogens with zero attached hydrogens (tertiary/aromatic N) is 7. The average molecular weight is 668 g/mol. The van der Waals surface area contributed by atoms with Gasteiger partial charge in [0.2, 0.25) is 17.6 Å². The van der Waals surface area contributed by atoms with Crippen molar-refractivity contribution in [2.24, 2.45) is 0 Å². The minimum Gasteiger partial charge on any atom is -0.481 e. The van der Waals surface area contributed by atoms with Gasteiger partial charge in [-0.15, -0.1) is 0 Å². The Morgan fingerprint density at radius 1 is 0.857 bits per heavy atom. The van der Waals surface area contributed by atoms with E-state index in [2.05, 4.69) is 90.4 Å². The van der Waals surface area contributed by atoms with E-state index in [1.807, 2.05) is 25.7 Å². The summed E-state index contributed by atoms with van der Waals surface area (Å²) in [7, 11) is 3.13. The molecule has 0 aliphatic carbocycles. The lowest BCUT2D eigenvalue weighted by molar-refractivity contribution is -0.0294. The molecule has 2 aromatic carbocycles. The van der Waals surface area contributed by atoms with Crippen LogP contribution in [0.25, 0.3) is 0 Å². The van der Waals surface area contributed by atoms with Crippen LogP contribution in [0, 0.1) is 0 Å². The van der Waals surface area contributed by atoms with Crippen LogP contribution in [-0.4, -0.2) is 112 Å². The highest BCUT2D eigenvalue weighted by Crippen LogP contribution is 2.38. The highest BCUT2D eigenvalue weighted by atomic mass is 16.5. The van der Waals surface area contributed by atoms with E-state index in [-0.39, 0.29) is 41.7 Å². The first kappa shape index (κ1) is 34.1. The number of carbonyl (C=O) groups excluding carboxylic acids is 1. The second kappa shape index (κ2) is 15.6. The van der Waals surface area contributed by atoms with Crippen LogP contribution in [0.5, 0.6) is 23.7 Å². The number of hydrogen-bond acceptors (Lipinski definition) is 11. The molecule has 49 heavy (non-hydrogen) atoms. The second-order valence-corrected chi connectivity index (χ2v) is 12.5. The second-order valence-electron chi connectivity index (χ2n) is 12.5. The standard InChI is InChI=1S/C37H45N7O5/c1-6-48-37-40-34(47-5)29(35(41-37)49-25(2)3)23-42-21-28-22-43(36(45)30-19-38-20-32(39-30)46-4)17-18-44(28)31(24-42)33(26-13-9-7-10-14-26)27-15-11-8-12-16-27/h7-16,19-20,25,28,31,33H,6,17-18,21-24H2,1-5H3/t28-,31?/m1/s1. The Balaban J connectivity index is 1.38. The molecular weight excluding hydrogens is 622 g/mol. The van der Waals surface area contributed by atoms with Crippen LogP contribution in [0.15, 0.2) is 73.1 Å². The quantitative estimate of drug-likeness (QED) is 0.215. The number of aromatic nitrogens is 4. The van der Waals surface area contributed by atoms with Gasteiger partial charge in [0, 0.05) is 57.3 Å². The highest BCUT2D eigenvalue weighted by Gasteiger charge is 2.43. The zero-order valence-electron chi connectivity index (χ0n) is 28.9. The van der Waals surface area contributed by atoms with Crippen molar-refractivity contribution >= 4 is 5.91 Å². The maximum absolute atomic E-state index is 13.8. The molecule has 4 heterocycles. The van der Waals surface area contributed by atoms with Gasteiger partial charge in [0.1, 0.15) is 0 Å². The molecule has 0 radical (unpaired) electrons. The number of amides is 1. The summed E-state index contributed by atoms with van der Waals surface area (Å²) >= 11 is 0. The predicted molar refractivity (Wildman–Crippen MR) is 184 cm³/mol. The molecule has 1 amide bonds. The number of rotatable bonds is 12. The summed E-state index contributed by atoms with van der Waals surface area (Å²) in [6, 6.07) is 21.7. The molecule has 2 saturated heterocycles. The smallest absolute Gasteiger partial charge is 0.323 e. The molecule has 0 spiro atoms. The molecule has 2 aromatic heterocycles. The zero-order chi connectivity index (χ0) is 34.3. The van der Waals surface area contributed by atoms with Crippen molar-refractivity contribution in [2.45, 2.75) is 51.4 Å². The number of methoxy groups -OCH3 is 2. The number of hydrogen-bond donors (Lipinski definition) is 0. The van der Waals surface area contributed by atoms with Gasteiger partial charge < -0.3 is 23.8 Å². The summed E-state index contributed by atoms with van der Waals surface area (Å²) in [5.41, 5.74) is 3.53. The Kier molecular flexibility index (Phi) is 10.8. The minimum absolute atomic E-state index is 0.0361. The summed E-state index contributed by atoms with van der Waals surface area (Å²) in [6.07, 6.45) is 2.89. The van der Waals surface area contributed by atoms with E-state index < -0.39 is 0 Å². The van der Waals surface area contributed by atoms with Crippen molar-refractivity contribution in [1.82, 2.24) is 34.6 Å². The first-order valence-corrected chi connectivity index (χ1v) is 16.9. The Hall–Kier alpha value is -4.81. The Morgan fingerprint density at radius 3 is 2.18 bits per heavy atom. The summed E-state index contributed by atoms with van der Waals surface area (Å²) in [5.74, 6) is 1.12. The molecule has 4 aromatic rings. The van der Waals surface area contributed by atoms with Gasteiger partial charge in [-0.2, -0.15) is 9.97 Å². The summed E-state index contributed by atoms with van der Waals surface area (Å²) in [5, 5.41) is 0. The van der Waals surface area contributed by atoms with Gasteiger partial charge in [-0.3, -0.25) is 19.6 Å². The third-order valence-corrected chi connectivity index (χ3v) is 9.01. The molecule has 2 aliphatic heterocycles. The van der Waals surface area contributed by atoms with E-state index in [0.717, 1.165) is 18.7 Å². The van der Waals surface area contributed by atoms with Crippen molar-refractivity contribution < 1.29 is 23.7 Å². The normalized spacial score (nSPS) is 18.3. The fraction of sp³-hybridized carbons (Fsp3) is 0.432. The molecule has 2 atom stereocenters. The first-order valence-electron chi connectivity index (χ1n) is 16.9. The summed E-state index contributed by atoms with van der Waals surface area (Å²) in [6.45, 7) is 10.0. The Labute approximate surface area is 288 Å². The molecule has 0 N–H and O–H groups in total. The van der Waals surface area contributed by atoms with E-state index in [9.17, 15) is 4.79 Å². The lowest BCUT2D eigenvalue weighted by atomic mass is 9.81. The molecular formula is C37H45N7O5. The predicted octanol–water partition coefficient (Wildman–Crippen LogP) is 4.31. The van der Waals surface area contributed by atoms with Crippen molar-refractivity contribution in [3.05, 3.63) is 95.4 Å². The van der Waals surface area contributed by atoms with Crippen molar-refractivity contribution in [3.8, 4) is 23.7 Å². The average Bonchev–Trinajstić information content (AvgIpc) is 3.13. The van der Waals surface area contributed by atoms with Crippen LogP contribution in [0.1, 0.15) is 53.9 Å². The van der Waals surface area contributed by atoms with Crippen LogP contribution in [-0.2, 0) is 6.54 Å². The molecule has 2 fully saturated rings. The third-order valence-electron chi connectivity index (χ3n) is 9.01. The number of fused-ring (bicyclic) bond motifs is 1. The Morgan fingerprint density at radius 2 is 1.55 bits per heavy atom. The molecule has 6 rings (SSSR count). The lowest BCUT2D eigenvalue weighted by Gasteiger charge is -2.53. The van der Waals surface area contributed by atoms with Crippen LogP contribution in [0.3, 0.4) is 0 Å². The van der Waals surface area contributed by atoms with Crippen molar-refractivity contribution in [1.29, 1.82) is 0 Å². The molecule has 258 valence electrons. The monoisotopic (exact) mass is 667 g/mol. The summed E-state index contributed by atoms with van der Waals surface area (Å²) < 4.78 is 22.9. The van der Waals surface area contributed by atoms with E-state index in [0.29, 0.717) is 50.4 Å². The van der Waals surface area contributed by atoms with Crippen LogP contribution in [0.2, 0.25) is 0 Å². The van der Waals surface area contributed by atoms with E-state index in [1.165, 1.54) is 30.6 Å². The topological polar surface area (TPSA) is 115 Å². The lowest BCUT2D eigenvalue weighted by Crippen LogP contribution is -2.67. The maximum atomic E-state index is 13.8. The van der Waals surface area contributed by atoms with Gasteiger partial charge in [0.15, 0.2) is 5.69 Å². The minimum atomic E-state index is -0.156. The van der Waals surface area contributed by atoms with Gasteiger partial charge >= 0.3 is 6.01 Å². The zero-order valence-corrected chi connectivity index (χ0v) is 28.9. The third kappa shape index (κ3) is 7.76. The largest absolute Gasteiger partial charge is 0.481 e. The summed E-state index contributed by atoms with van der Waals surface area (Å²) in [4.78, 5) is 38.4. The highest BCUT2D eigenvalue weighted by molar-refractivity contribution is 5.92. The van der Waals surface area contributed by atoms with Crippen LogP contribution in [0.4, 0.5) is 0 Å². The van der Waals surface area contributed by atoms with Gasteiger partial charge in [-0.25, -0.2) is 4.98 Å². The number of ether oxygens (including phenoxy) is 4. The van der Waals surface area contributed by atoms with Gasteiger partial charge in [0.05, 0.1) is 44.9 Å². The van der Waals surface area contributed by atoms with Gasteiger partial charge in [-0.05, 0) is 31.9 Å². The molecule has 1 unspecified atom stereocenters. The molecule has 12 nitrogen and oxygen atoms in total. The Bertz CT molecular complexity index is 1650. The van der Waals surface area contributed by atoms with Gasteiger partial charge in [-0.1, -0.05) is 60.7 Å². The van der Waals surface area contributed by atoms with E-state index in [4.69, 9.17) is 18.9 Å². The SMILES string of the molecule is CCOc1nc(OC)c(CN2CC(C(c3ccccc3)c3ccccc3)N3CCN(C(=O)c4cncc(OC)n4)C[C@H]3C2)c(OC(C)C)n1. The van der Waals surface area contributed by atoms with E-state index >= 15 is 0 Å². The molecule has 0 bridgehead atoms. The number of carbonyl (C=O) groups is 1. The number of piperazine rings is 2.